The summed E-state index contributed by atoms with van der Waals surface area (Å²) in [5.74, 6) is 1.56. The van der Waals surface area contributed by atoms with Crippen LogP contribution < -0.4 is 5.32 Å². The van der Waals surface area contributed by atoms with Gasteiger partial charge in [-0.05, 0) is 24.9 Å². The molecule has 1 N–H and O–H groups in total. The molecule has 2 heterocycles. The zero-order chi connectivity index (χ0) is 12.2. The molecule has 3 heteroatoms. The van der Waals surface area contributed by atoms with Crippen molar-refractivity contribution in [2.45, 2.75) is 25.2 Å². The Kier molecular flexibility index (Phi) is 3.42. The summed E-state index contributed by atoms with van der Waals surface area (Å²) in [5.41, 5.74) is 2.54. The van der Waals surface area contributed by atoms with E-state index in [4.69, 9.17) is 4.52 Å². The number of hydrogen-bond acceptors (Lipinski definition) is 3. The lowest BCUT2D eigenvalue weighted by Gasteiger charge is -2.21. The maximum atomic E-state index is 5.49. The average Bonchev–Trinajstić information content (AvgIpc) is 2.89. The van der Waals surface area contributed by atoms with E-state index in [1.807, 2.05) is 12.3 Å². The smallest absolute Gasteiger partial charge is 0.144 e. The summed E-state index contributed by atoms with van der Waals surface area (Å²) in [6.45, 7) is 2.13. The standard InChI is InChI=1S/C15H18N2O/c1-2-5-12(6-3-1)9-14-11-17-18-15(14)13-7-4-8-16-10-13/h1-3,5-6,11,13,16H,4,7-10H2. The SMILES string of the molecule is c1ccc(Cc2cnoc2C2CCCNC2)cc1. The molecule has 1 aliphatic rings. The van der Waals surface area contributed by atoms with Gasteiger partial charge < -0.3 is 9.84 Å². The highest BCUT2D eigenvalue weighted by Gasteiger charge is 2.22. The molecule has 0 bridgehead atoms. The number of aromatic nitrogens is 1. The van der Waals surface area contributed by atoms with Gasteiger partial charge in [0.2, 0.25) is 0 Å². The van der Waals surface area contributed by atoms with E-state index in [0.29, 0.717) is 5.92 Å². The summed E-state index contributed by atoms with van der Waals surface area (Å²) in [6.07, 6.45) is 5.20. The van der Waals surface area contributed by atoms with Crippen molar-refractivity contribution in [3.05, 3.63) is 53.4 Å². The maximum Gasteiger partial charge on any atom is 0.144 e. The van der Waals surface area contributed by atoms with E-state index in [1.54, 1.807) is 0 Å². The van der Waals surface area contributed by atoms with E-state index in [2.05, 4.69) is 34.7 Å². The van der Waals surface area contributed by atoms with Crippen molar-refractivity contribution in [3.8, 4) is 0 Å². The fourth-order valence-corrected chi connectivity index (χ4v) is 2.63. The Labute approximate surface area is 107 Å². The minimum atomic E-state index is 0.486. The number of benzene rings is 1. The van der Waals surface area contributed by atoms with Gasteiger partial charge in [0.1, 0.15) is 5.76 Å². The highest BCUT2D eigenvalue weighted by Crippen LogP contribution is 2.27. The molecule has 1 fully saturated rings. The molecule has 2 aromatic rings. The van der Waals surface area contributed by atoms with Gasteiger partial charge in [0.15, 0.2) is 0 Å². The molecule has 0 radical (unpaired) electrons. The van der Waals surface area contributed by atoms with Crippen LogP contribution in [0.5, 0.6) is 0 Å². The Morgan fingerprint density at radius 1 is 1.28 bits per heavy atom. The highest BCUT2D eigenvalue weighted by atomic mass is 16.5. The number of rotatable bonds is 3. The normalized spacial score (nSPS) is 19.9. The second-order valence-corrected chi connectivity index (χ2v) is 4.92. The van der Waals surface area contributed by atoms with Gasteiger partial charge in [-0.25, -0.2) is 0 Å². The van der Waals surface area contributed by atoms with Crippen molar-refractivity contribution < 1.29 is 4.52 Å². The summed E-state index contributed by atoms with van der Waals surface area (Å²) < 4.78 is 5.49. The lowest BCUT2D eigenvalue weighted by atomic mass is 9.92. The van der Waals surface area contributed by atoms with Gasteiger partial charge >= 0.3 is 0 Å². The fraction of sp³-hybridized carbons (Fsp3) is 0.400. The van der Waals surface area contributed by atoms with Gasteiger partial charge in [-0.15, -0.1) is 0 Å². The summed E-state index contributed by atoms with van der Waals surface area (Å²) in [5, 5.41) is 7.42. The molecule has 0 saturated carbocycles. The number of nitrogens with one attached hydrogen (secondary N) is 1. The summed E-state index contributed by atoms with van der Waals surface area (Å²) in [7, 11) is 0. The van der Waals surface area contributed by atoms with Gasteiger partial charge in [-0.1, -0.05) is 35.5 Å². The molecule has 1 saturated heterocycles. The van der Waals surface area contributed by atoms with Crippen molar-refractivity contribution in [2.24, 2.45) is 0 Å². The molecular formula is C15H18N2O. The van der Waals surface area contributed by atoms with E-state index in [-0.39, 0.29) is 0 Å². The fourth-order valence-electron chi connectivity index (χ4n) is 2.63. The first-order chi connectivity index (χ1) is 8.93. The van der Waals surface area contributed by atoms with Crippen molar-refractivity contribution in [1.29, 1.82) is 0 Å². The highest BCUT2D eigenvalue weighted by molar-refractivity contribution is 5.27. The first-order valence-electron chi connectivity index (χ1n) is 6.61. The summed E-state index contributed by atoms with van der Waals surface area (Å²) in [6, 6.07) is 10.5. The summed E-state index contributed by atoms with van der Waals surface area (Å²) >= 11 is 0. The van der Waals surface area contributed by atoms with Crippen LogP contribution in [0.2, 0.25) is 0 Å². The van der Waals surface area contributed by atoms with Crippen molar-refractivity contribution in [2.75, 3.05) is 13.1 Å². The molecule has 1 atom stereocenters. The van der Waals surface area contributed by atoms with Crippen LogP contribution in [0.3, 0.4) is 0 Å². The molecule has 1 aliphatic heterocycles. The lowest BCUT2D eigenvalue weighted by molar-refractivity contribution is 0.328. The zero-order valence-corrected chi connectivity index (χ0v) is 10.4. The average molecular weight is 242 g/mol. The van der Waals surface area contributed by atoms with Crippen LogP contribution in [0.4, 0.5) is 0 Å². The van der Waals surface area contributed by atoms with Gasteiger partial charge in [-0.2, -0.15) is 0 Å². The predicted molar refractivity (Wildman–Crippen MR) is 70.6 cm³/mol. The Morgan fingerprint density at radius 3 is 2.94 bits per heavy atom. The number of nitrogens with zero attached hydrogens (tertiary/aromatic N) is 1. The Bertz CT molecular complexity index is 486. The second-order valence-electron chi connectivity index (χ2n) is 4.92. The van der Waals surface area contributed by atoms with E-state index in [0.717, 1.165) is 25.3 Å². The third-order valence-electron chi connectivity index (χ3n) is 3.58. The molecule has 3 nitrogen and oxygen atoms in total. The molecule has 18 heavy (non-hydrogen) atoms. The van der Waals surface area contributed by atoms with Crippen LogP contribution >= 0.6 is 0 Å². The topological polar surface area (TPSA) is 38.1 Å². The molecular weight excluding hydrogens is 224 g/mol. The predicted octanol–water partition coefficient (Wildman–Crippen LogP) is 2.73. The van der Waals surface area contributed by atoms with Crippen LogP contribution in [-0.2, 0) is 6.42 Å². The van der Waals surface area contributed by atoms with Crippen LogP contribution in [0.25, 0.3) is 0 Å². The van der Waals surface area contributed by atoms with E-state index in [1.165, 1.54) is 24.0 Å². The molecule has 0 aliphatic carbocycles. The number of hydrogen-bond donors (Lipinski definition) is 1. The van der Waals surface area contributed by atoms with Crippen LogP contribution in [0.15, 0.2) is 41.1 Å². The van der Waals surface area contributed by atoms with Gasteiger partial charge in [0.05, 0.1) is 6.20 Å². The molecule has 0 amide bonds. The molecule has 3 rings (SSSR count). The van der Waals surface area contributed by atoms with Crippen LogP contribution in [0.1, 0.15) is 35.6 Å². The summed E-state index contributed by atoms with van der Waals surface area (Å²) in [4.78, 5) is 0. The lowest BCUT2D eigenvalue weighted by Crippen LogP contribution is -2.28. The van der Waals surface area contributed by atoms with Gasteiger partial charge in [-0.3, -0.25) is 0 Å². The minimum Gasteiger partial charge on any atom is -0.361 e. The maximum absolute atomic E-state index is 5.49. The van der Waals surface area contributed by atoms with Crippen LogP contribution in [-0.4, -0.2) is 18.2 Å². The Hall–Kier alpha value is -1.61. The first kappa shape index (κ1) is 11.5. The second kappa shape index (κ2) is 5.36. The van der Waals surface area contributed by atoms with E-state index >= 15 is 0 Å². The largest absolute Gasteiger partial charge is 0.361 e. The van der Waals surface area contributed by atoms with Crippen molar-refractivity contribution in [1.82, 2.24) is 10.5 Å². The van der Waals surface area contributed by atoms with Gasteiger partial charge in [0.25, 0.3) is 0 Å². The molecule has 1 aromatic heterocycles. The quantitative estimate of drug-likeness (QED) is 0.899. The van der Waals surface area contributed by atoms with Gasteiger partial charge in [0, 0.05) is 24.4 Å². The van der Waals surface area contributed by atoms with Crippen molar-refractivity contribution in [3.63, 3.8) is 0 Å². The Balaban J connectivity index is 1.78. The third kappa shape index (κ3) is 2.46. The number of piperidine rings is 1. The van der Waals surface area contributed by atoms with Crippen molar-refractivity contribution >= 4 is 0 Å². The molecule has 1 unspecified atom stereocenters. The van der Waals surface area contributed by atoms with Crippen LogP contribution in [0, 0.1) is 0 Å². The van der Waals surface area contributed by atoms with E-state index < -0.39 is 0 Å². The molecule has 1 aromatic carbocycles. The van der Waals surface area contributed by atoms with E-state index in [9.17, 15) is 0 Å². The Morgan fingerprint density at radius 2 is 2.17 bits per heavy atom. The third-order valence-corrected chi connectivity index (χ3v) is 3.58. The molecule has 94 valence electrons. The molecule has 0 spiro atoms. The zero-order valence-electron chi connectivity index (χ0n) is 10.4. The monoisotopic (exact) mass is 242 g/mol. The first-order valence-corrected chi connectivity index (χ1v) is 6.61. The minimum absolute atomic E-state index is 0.486.